The average Bonchev–Trinajstić information content (AvgIpc) is 3.16. The van der Waals surface area contributed by atoms with Crippen LogP contribution in [0.1, 0.15) is 11.1 Å². The van der Waals surface area contributed by atoms with E-state index in [0.29, 0.717) is 5.56 Å². The topological polar surface area (TPSA) is 59.8 Å². The Morgan fingerprint density at radius 3 is 2.61 bits per heavy atom. The van der Waals surface area contributed by atoms with Crippen LogP contribution in [-0.4, -0.2) is 20.7 Å². The number of carbonyl (C=O) groups excluding carboxylic acids is 1. The van der Waals surface area contributed by atoms with Crippen LogP contribution >= 0.6 is 11.6 Å². The number of amides is 1. The van der Waals surface area contributed by atoms with Gasteiger partial charge in [-0.3, -0.25) is 4.79 Å². The summed E-state index contributed by atoms with van der Waals surface area (Å²) in [6.07, 6.45) is 0.357. The van der Waals surface area contributed by atoms with Gasteiger partial charge in [-0.05, 0) is 42.0 Å². The van der Waals surface area contributed by atoms with E-state index < -0.39 is 23.5 Å². The summed E-state index contributed by atoms with van der Waals surface area (Å²) >= 11 is 5.67. The van der Waals surface area contributed by atoms with E-state index in [1.54, 1.807) is 0 Å². The normalized spacial score (nSPS) is 11.8. The van der Waals surface area contributed by atoms with Gasteiger partial charge in [0, 0.05) is 6.08 Å². The van der Waals surface area contributed by atoms with Gasteiger partial charge in [-0.25, -0.2) is 14.1 Å². The molecular formula is C18H11ClF4N4O. The first-order chi connectivity index (χ1) is 13.2. The van der Waals surface area contributed by atoms with Gasteiger partial charge in [0.2, 0.25) is 5.91 Å². The van der Waals surface area contributed by atoms with E-state index in [0.717, 1.165) is 24.3 Å². The van der Waals surface area contributed by atoms with Crippen molar-refractivity contribution in [1.82, 2.24) is 14.8 Å². The molecule has 0 unspecified atom stereocenters. The fourth-order valence-corrected chi connectivity index (χ4v) is 2.50. The van der Waals surface area contributed by atoms with Crippen LogP contribution in [0, 0.1) is 5.82 Å². The third-order valence-corrected chi connectivity index (χ3v) is 3.91. The lowest BCUT2D eigenvalue weighted by Gasteiger charge is -2.13. The minimum atomic E-state index is -4.58. The van der Waals surface area contributed by atoms with E-state index in [2.05, 4.69) is 15.4 Å². The Kier molecular flexibility index (Phi) is 5.46. The number of aromatic nitrogens is 3. The number of carbonyl (C=O) groups is 1. The first kappa shape index (κ1) is 19.6. The van der Waals surface area contributed by atoms with Gasteiger partial charge in [0.05, 0.1) is 22.0 Å². The predicted molar refractivity (Wildman–Crippen MR) is 95.4 cm³/mol. The predicted octanol–water partition coefficient (Wildman–Crippen LogP) is 4.73. The first-order valence-electron chi connectivity index (χ1n) is 7.74. The molecule has 10 heteroatoms. The van der Waals surface area contributed by atoms with E-state index in [4.69, 9.17) is 11.6 Å². The third-order valence-electron chi connectivity index (χ3n) is 3.62. The van der Waals surface area contributed by atoms with Crippen molar-refractivity contribution in [3.63, 3.8) is 0 Å². The van der Waals surface area contributed by atoms with Gasteiger partial charge in [0.15, 0.2) is 0 Å². The molecule has 0 saturated carbocycles. The summed E-state index contributed by atoms with van der Waals surface area (Å²) < 4.78 is 53.4. The molecule has 1 amide bonds. The number of alkyl halides is 3. The van der Waals surface area contributed by atoms with Gasteiger partial charge in [0.1, 0.15) is 18.5 Å². The minimum Gasteiger partial charge on any atom is -0.321 e. The number of halogens is 5. The largest absolute Gasteiger partial charge is 0.416 e. The van der Waals surface area contributed by atoms with E-state index in [9.17, 15) is 22.4 Å². The van der Waals surface area contributed by atoms with Crippen molar-refractivity contribution in [3.8, 4) is 5.69 Å². The SMILES string of the molecule is O=C(/C=C/c1ccc(F)c(Cl)c1)Nc1cc(C(F)(F)F)ccc1-n1cncn1. The molecule has 3 aromatic rings. The molecule has 5 nitrogen and oxygen atoms in total. The molecule has 0 spiro atoms. The van der Waals surface area contributed by atoms with E-state index in [-0.39, 0.29) is 16.4 Å². The number of benzene rings is 2. The smallest absolute Gasteiger partial charge is 0.321 e. The molecule has 0 aliphatic carbocycles. The maximum Gasteiger partial charge on any atom is 0.416 e. The Morgan fingerprint density at radius 1 is 1.18 bits per heavy atom. The number of nitrogens with zero attached hydrogens (tertiary/aromatic N) is 3. The standard InChI is InChI=1S/C18H11ClF4N4O/c19-13-7-11(1-4-14(13)20)2-6-17(28)26-15-8-12(18(21,22)23)3-5-16(15)27-10-24-9-25-27/h1-10H,(H,26,28)/b6-2+. The molecule has 28 heavy (non-hydrogen) atoms. The Morgan fingerprint density at radius 2 is 1.96 bits per heavy atom. The summed E-state index contributed by atoms with van der Waals surface area (Å²) in [5.74, 6) is -1.30. The molecular weight excluding hydrogens is 400 g/mol. The van der Waals surface area contributed by atoms with Crippen LogP contribution in [0.15, 0.2) is 55.1 Å². The minimum absolute atomic E-state index is 0.105. The Balaban J connectivity index is 1.87. The lowest BCUT2D eigenvalue weighted by Crippen LogP contribution is -2.13. The lowest BCUT2D eigenvalue weighted by atomic mass is 10.1. The highest BCUT2D eigenvalue weighted by atomic mass is 35.5. The second-order valence-corrected chi connectivity index (χ2v) is 5.97. The van der Waals surface area contributed by atoms with Crippen LogP contribution in [0.2, 0.25) is 5.02 Å². The maximum absolute atomic E-state index is 13.2. The summed E-state index contributed by atoms with van der Waals surface area (Å²) in [4.78, 5) is 15.9. The van der Waals surface area contributed by atoms with Crippen LogP contribution in [-0.2, 0) is 11.0 Å². The molecule has 0 fully saturated rings. The molecule has 0 saturated heterocycles. The molecule has 2 aromatic carbocycles. The zero-order valence-electron chi connectivity index (χ0n) is 13.9. The van der Waals surface area contributed by atoms with Gasteiger partial charge in [0.25, 0.3) is 0 Å². The van der Waals surface area contributed by atoms with E-state index in [1.807, 2.05) is 0 Å². The fourth-order valence-electron chi connectivity index (χ4n) is 2.31. The molecule has 144 valence electrons. The quantitative estimate of drug-likeness (QED) is 0.499. The third kappa shape index (κ3) is 4.55. The Hall–Kier alpha value is -3.20. The molecule has 0 aliphatic rings. The van der Waals surface area contributed by atoms with Crippen LogP contribution in [0.3, 0.4) is 0 Å². The lowest BCUT2D eigenvalue weighted by molar-refractivity contribution is -0.137. The molecule has 0 aliphatic heterocycles. The van der Waals surface area contributed by atoms with Crippen LogP contribution in [0.5, 0.6) is 0 Å². The van der Waals surface area contributed by atoms with Crippen LogP contribution in [0.4, 0.5) is 23.2 Å². The van der Waals surface area contributed by atoms with Crippen molar-refractivity contribution < 1.29 is 22.4 Å². The van der Waals surface area contributed by atoms with Crippen molar-refractivity contribution in [1.29, 1.82) is 0 Å². The highest BCUT2D eigenvalue weighted by Crippen LogP contribution is 2.33. The number of hydrogen-bond donors (Lipinski definition) is 1. The van der Waals surface area contributed by atoms with Crippen LogP contribution < -0.4 is 5.32 Å². The van der Waals surface area contributed by atoms with Gasteiger partial charge in [-0.15, -0.1) is 0 Å². The molecule has 0 bridgehead atoms. The highest BCUT2D eigenvalue weighted by Gasteiger charge is 2.31. The van der Waals surface area contributed by atoms with Crippen molar-refractivity contribution in [2.24, 2.45) is 0 Å². The summed E-state index contributed by atoms with van der Waals surface area (Å²) in [6, 6.07) is 6.70. The number of hydrogen-bond acceptors (Lipinski definition) is 3. The fraction of sp³-hybridized carbons (Fsp3) is 0.0556. The molecule has 1 N–H and O–H groups in total. The summed E-state index contributed by atoms with van der Waals surface area (Å²) in [5.41, 5.74) is -0.382. The zero-order valence-corrected chi connectivity index (χ0v) is 14.7. The molecule has 3 rings (SSSR count). The highest BCUT2D eigenvalue weighted by molar-refractivity contribution is 6.30. The van der Waals surface area contributed by atoms with Crippen LogP contribution in [0.25, 0.3) is 11.8 Å². The van der Waals surface area contributed by atoms with Crippen molar-refractivity contribution in [3.05, 3.63) is 77.1 Å². The van der Waals surface area contributed by atoms with Gasteiger partial charge in [-0.1, -0.05) is 17.7 Å². The number of rotatable bonds is 4. The van der Waals surface area contributed by atoms with Crippen molar-refractivity contribution in [2.45, 2.75) is 6.18 Å². The molecule has 1 heterocycles. The average molecular weight is 411 g/mol. The van der Waals surface area contributed by atoms with E-state index in [1.165, 1.54) is 41.6 Å². The van der Waals surface area contributed by atoms with Gasteiger partial charge < -0.3 is 5.32 Å². The number of nitrogens with one attached hydrogen (secondary N) is 1. The first-order valence-corrected chi connectivity index (χ1v) is 8.12. The summed E-state index contributed by atoms with van der Waals surface area (Å²) in [7, 11) is 0. The number of anilines is 1. The maximum atomic E-state index is 13.2. The van der Waals surface area contributed by atoms with Gasteiger partial charge in [-0.2, -0.15) is 18.3 Å². The summed E-state index contributed by atoms with van der Waals surface area (Å²) in [6.45, 7) is 0. The van der Waals surface area contributed by atoms with Crippen molar-refractivity contribution >= 4 is 29.3 Å². The second kappa shape index (κ2) is 7.81. The second-order valence-electron chi connectivity index (χ2n) is 5.57. The van der Waals surface area contributed by atoms with Gasteiger partial charge >= 0.3 is 6.18 Å². The molecule has 0 radical (unpaired) electrons. The molecule has 1 aromatic heterocycles. The Labute approximate surface area is 161 Å². The zero-order chi connectivity index (χ0) is 20.3. The molecule has 0 atom stereocenters. The monoisotopic (exact) mass is 410 g/mol. The van der Waals surface area contributed by atoms with Crippen molar-refractivity contribution in [2.75, 3.05) is 5.32 Å². The Bertz CT molecular complexity index is 1030. The van der Waals surface area contributed by atoms with E-state index >= 15 is 0 Å². The summed E-state index contributed by atoms with van der Waals surface area (Å²) in [5, 5.41) is 6.13.